The number of hydrogen-bond donors (Lipinski definition) is 1. The van der Waals surface area contributed by atoms with Crippen LogP contribution in [0.1, 0.15) is 10.4 Å². The van der Waals surface area contributed by atoms with Gasteiger partial charge in [0.1, 0.15) is 5.82 Å². The number of pyridine rings is 1. The Balaban J connectivity index is 1.77. The molecule has 0 amide bonds. The van der Waals surface area contributed by atoms with Crippen molar-refractivity contribution in [2.45, 2.75) is 6.04 Å². The fourth-order valence-electron chi connectivity index (χ4n) is 3.74. The van der Waals surface area contributed by atoms with Crippen molar-refractivity contribution in [2.24, 2.45) is 5.92 Å². The molecular weight excluding hydrogens is 306 g/mol. The maximum atomic E-state index is 11.7. The molecule has 2 aromatic rings. The summed E-state index contributed by atoms with van der Waals surface area (Å²) in [4.78, 5) is 21.0. The molecule has 2 bridgehead atoms. The molecule has 126 valence electrons. The van der Waals surface area contributed by atoms with Crippen LogP contribution < -0.4 is 4.90 Å². The quantitative estimate of drug-likeness (QED) is 0.906. The van der Waals surface area contributed by atoms with Gasteiger partial charge in [-0.05, 0) is 19.2 Å². The molecule has 2 saturated heterocycles. The lowest BCUT2D eigenvalue weighted by molar-refractivity contribution is 0.0699. The molecule has 6 heteroatoms. The number of fused-ring (bicyclic) bond motifs is 4. The maximum absolute atomic E-state index is 11.7. The Hall–Kier alpha value is -2.18. The van der Waals surface area contributed by atoms with Gasteiger partial charge in [0, 0.05) is 30.9 Å². The molecular formula is C18H21N3O3. The number of hydrogen-bond acceptors (Lipinski definition) is 5. The smallest absolute Gasteiger partial charge is 0.336 e. The van der Waals surface area contributed by atoms with Crippen molar-refractivity contribution in [1.82, 2.24) is 9.88 Å². The van der Waals surface area contributed by atoms with E-state index in [4.69, 9.17) is 9.72 Å². The Morgan fingerprint density at radius 2 is 2.08 bits per heavy atom. The van der Waals surface area contributed by atoms with Crippen LogP contribution in [0.2, 0.25) is 0 Å². The van der Waals surface area contributed by atoms with Gasteiger partial charge in [0.05, 0.1) is 30.3 Å². The molecule has 1 N–H and O–H groups in total. The Labute approximate surface area is 140 Å². The molecule has 3 heterocycles. The SMILES string of the molecule is CN1C[C@H]2COC[C@@H]1CN(c1cc(C(=O)O)c3ccccc3n1)C2. The maximum Gasteiger partial charge on any atom is 0.336 e. The second kappa shape index (κ2) is 6.03. The number of carboxylic acids is 1. The third-order valence-electron chi connectivity index (χ3n) is 5.00. The van der Waals surface area contributed by atoms with Gasteiger partial charge in [-0.3, -0.25) is 4.90 Å². The molecule has 0 spiro atoms. The minimum absolute atomic E-state index is 0.305. The van der Waals surface area contributed by atoms with E-state index in [0.29, 0.717) is 29.5 Å². The van der Waals surface area contributed by atoms with Crippen molar-refractivity contribution < 1.29 is 14.6 Å². The van der Waals surface area contributed by atoms with Crippen LogP contribution in [-0.4, -0.2) is 66.9 Å². The number of aromatic nitrogens is 1. The summed E-state index contributed by atoms with van der Waals surface area (Å²) in [6.07, 6.45) is 0. The van der Waals surface area contributed by atoms with E-state index >= 15 is 0 Å². The predicted molar refractivity (Wildman–Crippen MR) is 91.6 cm³/mol. The molecule has 4 rings (SSSR count). The van der Waals surface area contributed by atoms with E-state index in [0.717, 1.165) is 37.6 Å². The monoisotopic (exact) mass is 327 g/mol. The zero-order valence-corrected chi connectivity index (χ0v) is 13.7. The van der Waals surface area contributed by atoms with Gasteiger partial charge >= 0.3 is 5.97 Å². The number of nitrogens with zero attached hydrogens (tertiary/aromatic N) is 3. The number of benzene rings is 1. The first-order chi connectivity index (χ1) is 11.6. The first kappa shape index (κ1) is 15.4. The second-order valence-electron chi connectivity index (χ2n) is 6.75. The van der Waals surface area contributed by atoms with Crippen LogP contribution in [0.25, 0.3) is 10.9 Å². The number of para-hydroxylation sites is 1. The van der Waals surface area contributed by atoms with Gasteiger partial charge in [-0.2, -0.15) is 0 Å². The molecule has 2 aliphatic rings. The van der Waals surface area contributed by atoms with Crippen LogP contribution in [0, 0.1) is 5.92 Å². The molecule has 2 aliphatic heterocycles. The molecule has 1 aromatic heterocycles. The predicted octanol–water partition coefficient (Wildman–Crippen LogP) is 1.70. The normalized spacial score (nSPS) is 24.8. The molecule has 0 saturated carbocycles. The molecule has 0 aliphatic carbocycles. The lowest BCUT2D eigenvalue weighted by Crippen LogP contribution is -2.42. The number of carboxylic acid groups (broad SMARTS) is 1. The molecule has 0 unspecified atom stereocenters. The summed E-state index contributed by atoms with van der Waals surface area (Å²) < 4.78 is 5.77. The number of rotatable bonds is 2. The molecule has 2 fully saturated rings. The Morgan fingerprint density at radius 3 is 2.92 bits per heavy atom. The third-order valence-corrected chi connectivity index (χ3v) is 5.00. The summed E-state index contributed by atoms with van der Waals surface area (Å²) >= 11 is 0. The van der Waals surface area contributed by atoms with Gasteiger partial charge in [-0.1, -0.05) is 18.2 Å². The topological polar surface area (TPSA) is 65.9 Å². The summed E-state index contributed by atoms with van der Waals surface area (Å²) in [5.74, 6) is 0.243. The van der Waals surface area contributed by atoms with Crippen LogP contribution in [-0.2, 0) is 4.74 Å². The molecule has 24 heavy (non-hydrogen) atoms. The average molecular weight is 327 g/mol. The van der Waals surface area contributed by atoms with Gasteiger partial charge < -0.3 is 14.7 Å². The highest BCUT2D eigenvalue weighted by atomic mass is 16.5. The number of ether oxygens (including phenoxy) is 1. The largest absolute Gasteiger partial charge is 0.478 e. The van der Waals surface area contributed by atoms with Crippen LogP contribution in [0.3, 0.4) is 0 Å². The highest BCUT2D eigenvalue weighted by molar-refractivity contribution is 6.03. The van der Waals surface area contributed by atoms with Crippen LogP contribution in [0.4, 0.5) is 5.82 Å². The minimum Gasteiger partial charge on any atom is -0.478 e. The second-order valence-corrected chi connectivity index (χ2v) is 6.75. The van der Waals surface area contributed by atoms with Crippen LogP contribution >= 0.6 is 0 Å². The number of aromatic carboxylic acids is 1. The zero-order chi connectivity index (χ0) is 16.7. The van der Waals surface area contributed by atoms with Crippen molar-refractivity contribution >= 4 is 22.7 Å². The van der Waals surface area contributed by atoms with E-state index in [9.17, 15) is 9.90 Å². The van der Waals surface area contributed by atoms with E-state index < -0.39 is 5.97 Å². The fourth-order valence-corrected chi connectivity index (χ4v) is 3.74. The van der Waals surface area contributed by atoms with E-state index in [2.05, 4.69) is 16.8 Å². The van der Waals surface area contributed by atoms with Crippen LogP contribution in [0.15, 0.2) is 30.3 Å². The number of carbonyl (C=O) groups is 1. The van der Waals surface area contributed by atoms with Gasteiger partial charge in [-0.25, -0.2) is 9.78 Å². The number of anilines is 1. The fraction of sp³-hybridized carbons (Fsp3) is 0.444. The number of likely N-dealkylation sites (N-methyl/N-ethyl adjacent to an activating group) is 1. The lowest BCUT2D eigenvalue weighted by atomic mass is 10.1. The minimum atomic E-state index is -0.912. The van der Waals surface area contributed by atoms with Gasteiger partial charge in [-0.15, -0.1) is 0 Å². The van der Waals surface area contributed by atoms with Crippen molar-refractivity contribution in [3.63, 3.8) is 0 Å². The third kappa shape index (κ3) is 2.72. The van der Waals surface area contributed by atoms with E-state index in [-0.39, 0.29) is 0 Å². The van der Waals surface area contributed by atoms with Gasteiger partial charge in [0.15, 0.2) is 0 Å². The highest BCUT2D eigenvalue weighted by Gasteiger charge is 2.32. The highest BCUT2D eigenvalue weighted by Crippen LogP contribution is 2.27. The summed E-state index contributed by atoms with van der Waals surface area (Å²) in [5.41, 5.74) is 1.04. The first-order valence-electron chi connectivity index (χ1n) is 8.28. The van der Waals surface area contributed by atoms with Crippen molar-refractivity contribution in [3.8, 4) is 0 Å². The zero-order valence-electron chi connectivity index (χ0n) is 13.7. The van der Waals surface area contributed by atoms with Crippen LogP contribution in [0.5, 0.6) is 0 Å². The van der Waals surface area contributed by atoms with E-state index in [1.807, 2.05) is 24.3 Å². The Bertz CT molecular complexity index is 779. The van der Waals surface area contributed by atoms with Crippen molar-refractivity contribution in [1.29, 1.82) is 0 Å². The Kier molecular flexibility index (Phi) is 3.86. The standard InChI is InChI=1S/C18H21N3O3/c1-20-7-12-8-21(9-13(20)11-24-10-12)17-6-15(18(22)23)14-4-2-3-5-16(14)19-17/h2-6,12-13H,7-11H2,1H3,(H,22,23)/t12-,13+/m1/s1. The molecule has 0 radical (unpaired) electrons. The molecule has 6 nitrogen and oxygen atoms in total. The lowest BCUT2D eigenvalue weighted by Gasteiger charge is -2.30. The summed E-state index contributed by atoms with van der Waals surface area (Å²) in [7, 11) is 2.13. The molecule has 1 aromatic carbocycles. The van der Waals surface area contributed by atoms with Crippen molar-refractivity contribution in [3.05, 3.63) is 35.9 Å². The van der Waals surface area contributed by atoms with E-state index in [1.165, 1.54) is 0 Å². The summed E-state index contributed by atoms with van der Waals surface area (Å²) in [6.45, 7) is 4.10. The molecule has 2 atom stereocenters. The Morgan fingerprint density at radius 1 is 1.25 bits per heavy atom. The summed E-state index contributed by atoms with van der Waals surface area (Å²) in [6, 6.07) is 9.45. The van der Waals surface area contributed by atoms with Gasteiger partial charge in [0.2, 0.25) is 0 Å². The first-order valence-corrected chi connectivity index (χ1v) is 8.28. The average Bonchev–Trinajstić information content (AvgIpc) is 2.82. The van der Waals surface area contributed by atoms with E-state index in [1.54, 1.807) is 6.07 Å². The summed E-state index contributed by atoms with van der Waals surface area (Å²) in [5, 5.41) is 10.3. The van der Waals surface area contributed by atoms with Gasteiger partial charge in [0.25, 0.3) is 0 Å². The van der Waals surface area contributed by atoms with Crippen molar-refractivity contribution in [2.75, 3.05) is 44.8 Å².